The molecule has 0 radical (unpaired) electrons. The van der Waals surface area contributed by atoms with Crippen molar-refractivity contribution >= 4 is 17.6 Å². The second kappa shape index (κ2) is 4.04. The summed E-state index contributed by atoms with van der Waals surface area (Å²) in [6.07, 6.45) is 1.65. The maximum Gasteiger partial charge on any atom is 0.324 e. The minimum Gasteiger partial charge on any atom is -0.398 e. The summed E-state index contributed by atoms with van der Waals surface area (Å²) in [6.45, 7) is 3.93. The van der Waals surface area contributed by atoms with Crippen LogP contribution in [-0.2, 0) is 11.3 Å². The predicted molar refractivity (Wildman–Crippen MR) is 62.1 cm³/mol. The first-order valence-corrected chi connectivity index (χ1v) is 5.29. The van der Waals surface area contributed by atoms with Gasteiger partial charge in [-0.15, -0.1) is 0 Å². The maximum absolute atomic E-state index is 11.4. The summed E-state index contributed by atoms with van der Waals surface area (Å²) in [7, 11) is 0. The molecule has 3 amide bonds. The van der Waals surface area contributed by atoms with Crippen molar-refractivity contribution in [1.29, 1.82) is 0 Å². The Labute approximate surface area is 98.8 Å². The van der Waals surface area contributed by atoms with E-state index in [-0.39, 0.29) is 25.0 Å². The third kappa shape index (κ3) is 1.93. The lowest BCUT2D eigenvalue weighted by molar-refractivity contribution is -0.125. The van der Waals surface area contributed by atoms with Crippen LogP contribution in [0, 0.1) is 13.8 Å². The van der Waals surface area contributed by atoms with Gasteiger partial charge in [-0.3, -0.25) is 14.7 Å². The number of pyridine rings is 1. The number of urea groups is 1. The zero-order chi connectivity index (χ0) is 12.6. The molecule has 1 aliphatic rings. The van der Waals surface area contributed by atoms with Gasteiger partial charge >= 0.3 is 6.03 Å². The molecule has 17 heavy (non-hydrogen) atoms. The Bertz CT molecular complexity index is 482. The van der Waals surface area contributed by atoms with Gasteiger partial charge in [0.15, 0.2) is 0 Å². The number of hydrogen-bond acceptors (Lipinski definition) is 4. The first kappa shape index (κ1) is 11.4. The number of aryl methyl sites for hydroxylation is 1. The lowest BCUT2D eigenvalue weighted by Gasteiger charge is -2.15. The predicted octanol–water partition coefficient (Wildman–Crippen LogP) is 0.332. The molecule has 0 spiro atoms. The SMILES string of the molecule is Cc1cnc(CN2C(=O)CNC2=O)c(C)c1N. The third-order valence-corrected chi connectivity index (χ3v) is 2.92. The number of rotatable bonds is 2. The van der Waals surface area contributed by atoms with Gasteiger partial charge in [-0.1, -0.05) is 0 Å². The molecule has 0 aliphatic carbocycles. The first-order chi connectivity index (χ1) is 8.00. The topological polar surface area (TPSA) is 88.3 Å². The molecule has 0 unspecified atom stereocenters. The Morgan fingerprint density at radius 1 is 1.47 bits per heavy atom. The molecule has 2 heterocycles. The number of imide groups is 1. The molecule has 1 aromatic rings. The van der Waals surface area contributed by atoms with E-state index in [1.54, 1.807) is 6.20 Å². The molecule has 6 heteroatoms. The average molecular weight is 234 g/mol. The first-order valence-electron chi connectivity index (χ1n) is 5.29. The van der Waals surface area contributed by atoms with E-state index in [0.29, 0.717) is 11.4 Å². The van der Waals surface area contributed by atoms with Crippen molar-refractivity contribution < 1.29 is 9.59 Å². The number of carbonyl (C=O) groups is 2. The maximum atomic E-state index is 11.4. The molecule has 0 bridgehead atoms. The highest BCUT2D eigenvalue weighted by molar-refractivity contribution is 6.01. The summed E-state index contributed by atoms with van der Waals surface area (Å²) in [5.74, 6) is -0.240. The summed E-state index contributed by atoms with van der Waals surface area (Å²) in [4.78, 5) is 28.2. The molecule has 3 N–H and O–H groups in total. The van der Waals surface area contributed by atoms with Crippen molar-refractivity contribution in [3.05, 3.63) is 23.0 Å². The molecule has 1 fully saturated rings. The van der Waals surface area contributed by atoms with Crippen LogP contribution in [0.4, 0.5) is 10.5 Å². The smallest absolute Gasteiger partial charge is 0.324 e. The minimum atomic E-state index is -0.379. The van der Waals surface area contributed by atoms with E-state index >= 15 is 0 Å². The molecular formula is C11H14N4O2. The van der Waals surface area contributed by atoms with Gasteiger partial charge < -0.3 is 11.1 Å². The van der Waals surface area contributed by atoms with Gasteiger partial charge in [0.1, 0.15) is 0 Å². The number of nitrogen functional groups attached to an aromatic ring is 1. The Kier molecular flexibility index (Phi) is 2.71. The van der Waals surface area contributed by atoms with Crippen LogP contribution in [0.2, 0.25) is 0 Å². The fourth-order valence-corrected chi connectivity index (χ4v) is 1.72. The van der Waals surface area contributed by atoms with E-state index in [1.807, 2.05) is 13.8 Å². The van der Waals surface area contributed by atoms with Gasteiger partial charge in [-0.25, -0.2) is 4.79 Å². The minimum absolute atomic E-state index is 0.0548. The van der Waals surface area contributed by atoms with E-state index in [1.165, 1.54) is 0 Å². The highest BCUT2D eigenvalue weighted by Crippen LogP contribution is 2.19. The average Bonchev–Trinajstić information content (AvgIpc) is 2.61. The van der Waals surface area contributed by atoms with E-state index in [2.05, 4.69) is 10.3 Å². The second-order valence-electron chi connectivity index (χ2n) is 4.07. The van der Waals surface area contributed by atoms with Crippen molar-refractivity contribution in [3.8, 4) is 0 Å². The molecule has 2 rings (SSSR count). The van der Waals surface area contributed by atoms with Crippen molar-refractivity contribution in [1.82, 2.24) is 15.2 Å². The quantitative estimate of drug-likeness (QED) is 0.722. The molecule has 6 nitrogen and oxygen atoms in total. The van der Waals surface area contributed by atoms with Crippen LogP contribution >= 0.6 is 0 Å². The Balaban J connectivity index is 2.28. The van der Waals surface area contributed by atoms with E-state index in [9.17, 15) is 9.59 Å². The van der Waals surface area contributed by atoms with E-state index in [4.69, 9.17) is 5.73 Å². The fourth-order valence-electron chi connectivity index (χ4n) is 1.72. The molecule has 1 aromatic heterocycles. The van der Waals surface area contributed by atoms with Crippen molar-refractivity contribution in [2.75, 3.05) is 12.3 Å². The van der Waals surface area contributed by atoms with Crippen LogP contribution in [0.25, 0.3) is 0 Å². The molecule has 90 valence electrons. The standard InChI is InChI=1S/C11H14N4O2/c1-6-3-13-8(7(2)10(6)12)5-15-9(16)4-14-11(15)17/h3H,4-5H2,1-2H3,(H2,12,13)(H,14,17). The van der Waals surface area contributed by atoms with Gasteiger partial charge in [0.05, 0.1) is 18.8 Å². The normalized spacial score (nSPS) is 15.3. The van der Waals surface area contributed by atoms with Gasteiger partial charge in [-0.05, 0) is 25.0 Å². The van der Waals surface area contributed by atoms with Crippen LogP contribution in [0.3, 0.4) is 0 Å². The van der Waals surface area contributed by atoms with Gasteiger partial charge in [-0.2, -0.15) is 0 Å². The largest absolute Gasteiger partial charge is 0.398 e. The monoisotopic (exact) mass is 234 g/mol. The Hall–Kier alpha value is -2.11. The number of amides is 3. The summed E-state index contributed by atoms with van der Waals surface area (Å²) in [6, 6.07) is -0.379. The number of nitrogens with zero attached hydrogens (tertiary/aromatic N) is 2. The highest BCUT2D eigenvalue weighted by Gasteiger charge is 2.29. The van der Waals surface area contributed by atoms with Crippen LogP contribution in [0.15, 0.2) is 6.20 Å². The number of anilines is 1. The van der Waals surface area contributed by atoms with Crippen molar-refractivity contribution in [2.24, 2.45) is 0 Å². The lowest BCUT2D eigenvalue weighted by Crippen LogP contribution is -2.31. The van der Waals surface area contributed by atoms with Crippen molar-refractivity contribution in [2.45, 2.75) is 20.4 Å². The zero-order valence-corrected chi connectivity index (χ0v) is 9.78. The van der Waals surface area contributed by atoms with Crippen LogP contribution in [0.1, 0.15) is 16.8 Å². The van der Waals surface area contributed by atoms with Crippen LogP contribution < -0.4 is 11.1 Å². The van der Waals surface area contributed by atoms with E-state index in [0.717, 1.165) is 16.0 Å². The summed E-state index contributed by atoms with van der Waals surface area (Å²) < 4.78 is 0. The summed E-state index contributed by atoms with van der Waals surface area (Å²) >= 11 is 0. The van der Waals surface area contributed by atoms with Gasteiger partial charge in [0.25, 0.3) is 0 Å². The number of carbonyl (C=O) groups excluding carboxylic acids is 2. The van der Waals surface area contributed by atoms with Gasteiger partial charge in [0.2, 0.25) is 5.91 Å². The zero-order valence-electron chi connectivity index (χ0n) is 9.78. The number of hydrogen-bond donors (Lipinski definition) is 2. The van der Waals surface area contributed by atoms with Crippen LogP contribution in [0.5, 0.6) is 0 Å². The molecule has 1 saturated heterocycles. The van der Waals surface area contributed by atoms with Crippen molar-refractivity contribution in [3.63, 3.8) is 0 Å². The second-order valence-corrected chi connectivity index (χ2v) is 4.07. The lowest BCUT2D eigenvalue weighted by atomic mass is 10.1. The molecule has 0 saturated carbocycles. The molecular weight excluding hydrogens is 220 g/mol. The highest BCUT2D eigenvalue weighted by atomic mass is 16.2. The third-order valence-electron chi connectivity index (χ3n) is 2.92. The summed E-state index contributed by atoms with van der Waals surface area (Å²) in [5.41, 5.74) is 8.90. The Morgan fingerprint density at radius 3 is 2.76 bits per heavy atom. The molecule has 0 aromatic carbocycles. The Morgan fingerprint density at radius 2 is 2.18 bits per heavy atom. The fraction of sp³-hybridized carbons (Fsp3) is 0.364. The molecule has 1 aliphatic heterocycles. The number of nitrogens with two attached hydrogens (primary N) is 1. The molecule has 0 atom stereocenters. The number of nitrogens with one attached hydrogen (secondary N) is 1. The number of aromatic nitrogens is 1. The van der Waals surface area contributed by atoms with Gasteiger partial charge in [0, 0.05) is 11.9 Å². The van der Waals surface area contributed by atoms with Crippen LogP contribution in [-0.4, -0.2) is 28.4 Å². The summed E-state index contributed by atoms with van der Waals surface area (Å²) in [5, 5.41) is 2.46. The van der Waals surface area contributed by atoms with E-state index < -0.39 is 0 Å².